The molecule has 1 aromatic heterocycles. The molecule has 64 valence electrons. The molecule has 0 N–H and O–H groups in total. The average Bonchev–Trinajstić information content (AvgIpc) is 2.41. The standard InChI is InChI=1S/C6H9NS2.C2H6/c1-5-4-9-6(7-5)2-3-8;1-2/h4,8H,2-3H2,1H3;1-2H3. The van der Waals surface area contributed by atoms with Crippen molar-refractivity contribution in [2.24, 2.45) is 0 Å². The van der Waals surface area contributed by atoms with Gasteiger partial charge in [0.25, 0.3) is 0 Å². The Morgan fingerprint density at radius 1 is 1.55 bits per heavy atom. The van der Waals surface area contributed by atoms with E-state index in [-0.39, 0.29) is 0 Å². The maximum absolute atomic E-state index is 4.27. The zero-order valence-corrected chi connectivity index (χ0v) is 9.01. The normalized spacial score (nSPS) is 8.73. The monoisotopic (exact) mass is 189 g/mol. The molecule has 0 unspecified atom stereocenters. The summed E-state index contributed by atoms with van der Waals surface area (Å²) >= 11 is 5.82. The molecule has 0 amide bonds. The molecule has 0 aliphatic carbocycles. The third-order valence-electron chi connectivity index (χ3n) is 0.992. The van der Waals surface area contributed by atoms with E-state index in [1.165, 1.54) is 5.01 Å². The van der Waals surface area contributed by atoms with Crippen molar-refractivity contribution >= 4 is 24.0 Å². The van der Waals surface area contributed by atoms with E-state index in [1.54, 1.807) is 11.3 Å². The van der Waals surface area contributed by atoms with E-state index in [1.807, 2.05) is 20.8 Å². The van der Waals surface area contributed by atoms with E-state index < -0.39 is 0 Å². The molecule has 11 heavy (non-hydrogen) atoms. The number of thiol groups is 1. The van der Waals surface area contributed by atoms with Gasteiger partial charge in [-0.2, -0.15) is 12.6 Å². The molecular formula is C8H15NS2. The first-order valence-corrected chi connectivity index (χ1v) is 5.36. The number of hydrogen-bond acceptors (Lipinski definition) is 3. The first-order valence-electron chi connectivity index (χ1n) is 3.85. The minimum atomic E-state index is 0.896. The highest BCUT2D eigenvalue weighted by Crippen LogP contribution is 2.08. The lowest BCUT2D eigenvalue weighted by Gasteiger charge is -1.85. The first kappa shape index (κ1) is 11.0. The SMILES string of the molecule is CC.Cc1csc(CCS)n1. The van der Waals surface area contributed by atoms with Crippen molar-refractivity contribution in [3.05, 3.63) is 16.1 Å². The van der Waals surface area contributed by atoms with Crippen LogP contribution < -0.4 is 0 Å². The summed E-state index contributed by atoms with van der Waals surface area (Å²) in [7, 11) is 0. The van der Waals surface area contributed by atoms with Crippen molar-refractivity contribution < 1.29 is 0 Å². The van der Waals surface area contributed by atoms with Gasteiger partial charge < -0.3 is 0 Å². The Morgan fingerprint density at radius 3 is 2.55 bits per heavy atom. The summed E-state index contributed by atoms with van der Waals surface area (Å²) in [5.74, 6) is 0.896. The summed E-state index contributed by atoms with van der Waals surface area (Å²) in [6, 6.07) is 0. The average molecular weight is 189 g/mol. The minimum absolute atomic E-state index is 0.896. The van der Waals surface area contributed by atoms with Gasteiger partial charge in [-0.25, -0.2) is 4.98 Å². The van der Waals surface area contributed by atoms with Crippen LogP contribution in [0.3, 0.4) is 0 Å². The molecule has 0 fully saturated rings. The summed E-state index contributed by atoms with van der Waals surface area (Å²) in [6.45, 7) is 6.01. The molecule has 0 aliphatic rings. The number of aryl methyl sites for hydroxylation is 2. The Kier molecular flexibility index (Phi) is 6.66. The van der Waals surface area contributed by atoms with Crippen LogP contribution in [0.5, 0.6) is 0 Å². The maximum Gasteiger partial charge on any atom is 0.0936 e. The van der Waals surface area contributed by atoms with Crippen molar-refractivity contribution in [3.8, 4) is 0 Å². The summed E-state index contributed by atoms with van der Waals surface area (Å²) in [6.07, 6.45) is 1.00. The Morgan fingerprint density at radius 2 is 2.18 bits per heavy atom. The lowest BCUT2D eigenvalue weighted by Crippen LogP contribution is -1.83. The molecule has 1 nitrogen and oxygen atoms in total. The Hall–Kier alpha value is -0.0200. The fourth-order valence-electron chi connectivity index (χ4n) is 0.613. The van der Waals surface area contributed by atoms with Gasteiger partial charge in [0.1, 0.15) is 0 Å². The van der Waals surface area contributed by atoms with Gasteiger partial charge in [0.2, 0.25) is 0 Å². The molecule has 0 aliphatic heterocycles. The van der Waals surface area contributed by atoms with E-state index >= 15 is 0 Å². The highest BCUT2D eigenvalue weighted by atomic mass is 32.1. The van der Waals surface area contributed by atoms with E-state index in [2.05, 4.69) is 23.0 Å². The fraction of sp³-hybridized carbons (Fsp3) is 0.625. The highest BCUT2D eigenvalue weighted by molar-refractivity contribution is 7.80. The number of rotatable bonds is 2. The second-order valence-electron chi connectivity index (χ2n) is 1.86. The molecule has 1 heterocycles. The Bertz CT molecular complexity index is 184. The van der Waals surface area contributed by atoms with Crippen LogP contribution in [0.4, 0.5) is 0 Å². The summed E-state index contributed by atoms with van der Waals surface area (Å²) in [5, 5.41) is 3.26. The predicted octanol–water partition coefficient (Wildman–Crippen LogP) is 2.95. The van der Waals surface area contributed by atoms with Crippen LogP contribution in [0, 0.1) is 6.92 Å². The molecule has 0 radical (unpaired) electrons. The summed E-state index contributed by atoms with van der Waals surface area (Å²) < 4.78 is 0. The number of aromatic nitrogens is 1. The van der Waals surface area contributed by atoms with Crippen molar-refractivity contribution in [1.82, 2.24) is 4.98 Å². The van der Waals surface area contributed by atoms with Gasteiger partial charge in [0.15, 0.2) is 0 Å². The van der Waals surface area contributed by atoms with Crippen molar-refractivity contribution in [2.45, 2.75) is 27.2 Å². The summed E-state index contributed by atoms with van der Waals surface area (Å²) in [4.78, 5) is 4.27. The van der Waals surface area contributed by atoms with Gasteiger partial charge in [-0.1, -0.05) is 13.8 Å². The van der Waals surface area contributed by atoms with Crippen LogP contribution in [-0.4, -0.2) is 10.7 Å². The Labute approximate surface area is 78.3 Å². The van der Waals surface area contributed by atoms with E-state index in [0.717, 1.165) is 17.9 Å². The molecule has 0 saturated carbocycles. The van der Waals surface area contributed by atoms with Gasteiger partial charge in [0.05, 0.1) is 5.01 Å². The van der Waals surface area contributed by atoms with E-state index in [0.29, 0.717) is 0 Å². The van der Waals surface area contributed by atoms with Gasteiger partial charge in [-0.15, -0.1) is 11.3 Å². The zero-order chi connectivity index (χ0) is 8.69. The molecule has 1 rings (SSSR count). The summed E-state index contributed by atoms with van der Waals surface area (Å²) in [5.41, 5.74) is 1.12. The van der Waals surface area contributed by atoms with Crippen molar-refractivity contribution in [3.63, 3.8) is 0 Å². The largest absolute Gasteiger partial charge is 0.247 e. The first-order chi connectivity index (χ1) is 5.33. The molecule has 0 spiro atoms. The molecular weight excluding hydrogens is 174 g/mol. The second kappa shape index (κ2) is 6.68. The zero-order valence-electron chi connectivity index (χ0n) is 7.29. The molecule has 0 saturated heterocycles. The van der Waals surface area contributed by atoms with Crippen LogP contribution >= 0.6 is 24.0 Å². The smallest absolute Gasteiger partial charge is 0.0936 e. The minimum Gasteiger partial charge on any atom is -0.247 e. The van der Waals surface area contributed by atoms with Crippen LogP contribution in [0.15, 0.2) is 5.38 Å². The molecule has 0 bridgehead atoms. The lowest BCUT2D eigenvalue weighted by atomic mass is 10.5. The molecule has 0 atom stereocenters. The number of nitrogens with zero attached hydrogens (tertiary/aromatic N) is 1. The lowest BCUT2D eigenvalue weighted by molar-refractivity contribution is 1.08. The molecule has 3 heteroatoms. The molecule has 0 aromatic carbocycles. The number of thiazole rings is 1. The van der Waals surface area contributed by atoms with E-state index in [9.17, 15) is 0 Å². The van der Waals surface area contributed by atoms with Gasteiger partial charge >= 0.3 is 0 Å². The predicted molar refractivity (Wildman–Crippen MR) is 55.8 cm³/mol. The quantitative estimate of drug-likeness (QED) is 0.706. The van der Waals surface area contributed by atoms with Gasteiger partial charge in [-0.05, 0) is 12.7 Å². The number of hydrogen-bond donors (Lipinski definition) is 1. The van der Waals surface area contributed by atoms with Crippen LogP contribution in [0.25, 0.3) is 0 Å². The van der Waals surface area contributed by atoms with Gasteiger partial charge in [0, 0.05) is 17.5 Å². The topological polar surface area (TPSA) is 12.9 Å². The van der Waals surface area contributed by atoms with Crippen molar-refractivity contribution in [1.29, 1.82) is 0 Å². The van der Waals surface area contributed by atoms with Crippen molar-refractivity contribution in [2.75, 3.05) is 5.75 Å². The van der Waals surface area contributed by atoms with E-state index in [4.69, 9.17) is 0 Å². The van der Waals surface area contributed by atoms with Crippen LogP contribution in [-0.2, 0) is 6.42 Å². The third-order valence-corrected chi connectivity index (χ3v) is 2.24. The van der Waals surface area contributed by atoms with Gasteiger partial charge in [-0.3, -0.25) is 0 Å². The third kappa shape index (κ3) is 4.43. The fourth-order valence-corrected chi connectivity index (χ4v) is 1.75. The Balaban J connectivity index is 0.000000461. The van der Waals surface area contributed by atoms with Crippen LogP contribution in [0.1, 0.15) is 24.5 Å². The van der Waals surface area contributed by atoms with Crippen LogP contribution in [0.2, 0.25) is 0 Å². The highest BCUT2D eigenvalue weighted by Gasteiger charge is 1.94. The second-order valence-corrected chi connectivity index (χ2v) is 3.25. The molecule has 1 aromatic rings. The maximum atomic E-state index is 4.27.